The molecule has 0 bridgehead atoms. The van der Waals surface area contributed by atoms with Crippen molar-refractivity contribution in [2.24, 2.45) is 17.1 Å². The molecular formula is C32H46N6O8. The van der Waals surface area contributed by atoms with E-state index in [1.807, 2.05) is 6.07 Å². The Morgan fingerprint density at radius 2 is 1.87 bits per heavy atom. The van der Waals surface area contributed by atoms with Gasteiger partial charge in [0.15, 0.2) is 11.9 Å². The molecule has 4 N–H and O–H groups in total. The molecule has 1 aliphatic heterocycles. The number of aromatic nitrogens is 3. The summed E-state index contributed by atoms with van der Waals surface area (Å²) in [5.41, 5.74) is 2.58. The number of amides is 1. The lowest BCUT2D eigenvalue weighted by molar-refractivity contribution is -0.163. The first-order chi connectivity index (χ1) is 21.6. The van der Waals surface area contributed by atoms with Crippen LogP contribution in [0, 0.1) is 22.7 Å². The van der Waals surface area contributed by atoms with Crippen LogP contribution < -0.4 is 11.1 Å². The Labute approximate surface area is 268 Å². The molecule has 14 heteroatoms. The van der Waals surface area contributed by atoms with E-state index in [9.17, 15) is 24.8 Å². The molecule has 1 saturated carbocycles. The van der Waals surface area contributed by atoms with Gasteiger partial charge in [-0.05, 0) is 50.2 Å². The number of aliphatic hydroxyl groups excluding tert-OH is 1. The van der Waals surface area contributed by atoms with Crippen LogP contribution in [0.5, 0.6) is 0 Å². The van der Waals surface area contributed by atoms with Gasteiger partial charge in [0.25, 0.3) is 5.91 Å². The largest absolute Gasteiger partial charge is 0.463 e. The Hall–Kier alpha value is -3.64. The van der Waals surface area contributed by atoms with Crippen LogP contribution >= 0.6 is 0 Å². The fourth-order valence-electron chi connectivity index (χ4n) is 5.70. The molecule has 3 heterocycles. The van der Waals surface area contributed by atoms with Crippen LogP contribution in [0.15, 0.2) is 18.5 Å². The third kappa shape index (κ3) is 7.33. The molecule has 2 aromatic rings. The lowest BCUT2D eigenvalue weighted by Crippen LogP contribution is -2.49. The van der Waals surface area contributed by atoms with Gasteiger partial charge in [-0.2, -0.15) is 10.4 Å². The highest BCUT2D eigenvalue weighted by atomic mass is 16.6. The van der Waals surface area contributed by atoms with Gasteiger partial charge in [0.05, 0.1) is 5.69 Å². The zero-order chi connectivity index (χ0) is 33.9. The van der Waals surface area contributed by atoms with E-state index in [0.717, 1.165) is 38.5 Å². The monoisotopic (exact) mass is 642 g/mol. The van der Waals surface area contributed by atoms with E-state index in [-0.39, 0.29) is 30.5 Å². The average Bonchev–Trinajstić information content (AvgIpc) is 3.44. The summed E-state index contributed by atoms with van der Waals surface area (Å²) >= 11 is 0. The van der Waals surface area contributed by atoms with Crippen molar-refractivity contribution in [1.82, 2.24) is 14.6 Å². The van der Waals surface area contributed by atoms with E-state index in [4.69, 9.17) is 24.7 Å². The van der Waals surface area contributed by atoms with Gasteiger partial charge >= 0.3 is 11.9 Å². The van der Waals surface area contributed by atoms with E-state index in [1.54, 1.807) is 40.7 Å². The SMILES string of the molecule is COC(C)(C)C(=O)Nc1ncnn2c([C@]3(C#N)O[C@H](COC(=O)CC4CCCCCC4)[C@@H](OC(=O)[C@@H](N)C(C)(C)C)[C@H]3O)ccc12. The number of hydrogen-bond donors (Lipinski definition) is 3. The summed E-state index contributed by atoms with van der Waals surface area (Å²) in [6.07, 6.45) is 3.38. The number of anilines is 1. The summed E-state index contributed by atoms with van der Waals surface area (Å²) in [5, 5.41) is 29.2. The molecule has 14 nitrogen and oxygen atoms in total. The molecule has 46 heavy (non-hydrogen) atoms. The number of nitrogens with two attached hydrogens (primary N) is 1. The van der Waals surface area contributed by atoms with Crippen molar-refractivity contribution in [3.63, 3.8) is 0 Å². The van der Waals surface area contributed by atoms with Crippen LogP contribution in [0.1, 0.15) is 85.3 Å². The quantitative estimate of drug-likeness (QED) is 0.253. The normalized spacial score (nSPS) is 25.0. The van der Waals surface area contributed by atoms with Gasteiger partial charge < -0.3 is 35.1 Å². The van der Waals surface area contributed by atoms with E-state index in [2.05, 4.69) is 15.4 Å². The minimum Gasteiger partial charge on any atom is -0.463 e. The summed E-state index contributed by atoms with van der Waals surface area (Å²) in [5.74, 6) is -1.37. The number of rotatable bonds is 10. The predicted octanol–water partition coefficient (Wildman–Crippen LogP) is 2.76. The van der Waals surface area contributed by atoms with E-state index in [0.29, 0.717) is 5.52 Å². The smallest absolute Gasteiger partial charge is 0.323 e. The maximum atomic E-state index is 13.1. The molecule has 252 valence electrons. The molecular weight excluding hydrogens is 596 g/mol. The Balaban J connectivity index is 1.64. The number of esters is 2. The molecule has 1 amide bonds. The average molecular weight is 643 g/mol. The topological polar surface area (TPSA) is 200 Å². The number of nitrogens with zero attached hydrogens (tertiary/aromatic N) is 4. The Bertz CT molecular complexity index is 1450. The summed E-state index contributed by atoms with van der Waals surface area (Å²) in [6, 6.07) is 4.03. The number of aliphatic hydroxyl groups is 1. The first-order valence-electron chi connectivity index (χ1n) is 15.7. The number of nitriles is 1. The number of ether oxygens (including phenoxy) is 4. The number of methoxy groups -OCH3 is 1. The lowest BCUT2D eigenvalue weighted by Gasteiger charge is -2.29. The van der Waals surface area contributed by atoms with Crippen molar-refractivity contribution in [3.05, 3.63) is 24.2 Å². The molecule has 5 atom stereocenters. The highest BCUT2D eigenvalue weighted by Gasteiger charge is 2.60. The van der Waals surface area contributed by atoms with Gasteiger partial charge in [-0.15, -0.1) is 0 Å². The molecule has 1 saturated heterocycles. The Morgan fingerprint density at radius 1 is 1.20 bits per heavy atom. The van der Waals surface area contributed by atoms with Crippen molar-refractivity contribution in [2.45, 2.75) is 115 Å². The molecule has 2 aromatic heterocycles. The number of fused-ring (bicyclic) bond motifs is 1. The number of carbonyl (C=O) groups excluding carboxylic acids is 3. The number of carbonyl (C=O) groups is 3. The van der Waals surface area contributed by atoms with E-state index < -0.39 is 58.8 Å². The van der Waals surface area contributed by atoms with Crippen LogP contribution in [0.2, 0.25) is 0 Å². The summed E-state index contributed by atoms with van der Waals surface area (Å²) in [6.45, 7) is 8.11. The van der Waals surface area contributed by atoms with Crippen molar-refractivity contribution in [3.8, 4) is 6.07 Å². The molecule has 0 spiro atoms. The van der Waals surface area contributed by atoms with Gasteiger partial charge in [-0.25, -0.2) is 9.50 Å². The number of nitrogens with one attached hydrogen (secondary N) is 1. The van der Waals surface area contributed by atoms with Crippen molar-refractivity contribution >= 4 is 29.2 Å². The molecule has 2 fully saturated rings. The van der Waals surface area contributed by atoms with E-state index in [1.165, 1.54) is 24.0 Å². The highest BCUT2D eigenvalue weighted by molar-refractivity contribution is 5.98. The minimum atomic E-state index is -2.12. The Morgan fingerprint density at radius 3 is 2.48 bits per heavy atom. The standard InChI is InChI=1S/C32H46N6O8/c1-30(2,3)25(34)28(41)45-24-21(16-44-23(39)15-19-11-9-7-8-10-12-19)46-32(17-33,26(24)40)22-14-13-20-27(35-18-36-38(20)22)37-29(42)31(4,5)43-6/h13-14,18-19,21,24-26,40H,7-12,15-16,34H2,1-6H3,(H,35,36,37,42)/t21-,24-,25-,26-,32+/m1/s1. The van der Waals surface area contributed by atoms with Gasteiger partial charge in [0, 0.05) is 13.5 Å². The van der Waals surface area contributed by atoms with Gasteiger partial charge in [0.2, 0.25) is 5.60 Å². The molecule has 0 aromatic carbocycles. The summed E-state index contributed by atoms with van der Waals surface area (Å²) in [4.78, 5) is 43.0. The van der Waals surface area contributed by atoms with E-state index >= 15 is 0 Å². The van der Waals surface area contributed by atoms with Gasteiger partial charge in [-0.3, -0.25) is 14.4 Å². The molecule has 0 unspecified atom stereocenters. The number of hydrogen-bond acceptors (Lipinski definition) is 12. The summed E-state index contributed by atoms with van der Waals surface area (Å²) < 4.78 is 24.1. The zero-order valence-electron chi connectivity index (χ0n) is 27.4. The Kier molecular flexibility index (Phi) is 10.7. The second kappa shape index (κ2) is 14.0. The first-order valence-corrected chi connectivity index (χ1v) is 15.7. The summed E-state index contributed by atoms with van der Waals surface area (Å²) in [7, 11) is 1.41. The molecule has 4 rings (SSSR count). The van der Waals surface area contributed by atoms with Crippen LogP contribution in [0.4, 0.5) is 5.82 Å². The van der Waals surface area contributed by atoms with Crippen molar-refractivity contribution < 1.29 is 38.4 Å². The second-order valence-corrected chi connectivity index (χ2v) is 13.7. The molecule has 1 aliphatic carbocycles. The van der Waals surface area contributed by atoms with Gasteiger partial charge in [-0.1, -0.05) is 46.5 Å². The van der Waals surface area contributed by atoms with Gasteiger partial charge in [0.1, 0.15) is 48.4 Å². The van der Waals surface area contributed by atoms with Crippen molar-refractivity contribution in [1.29, 1.82) is 5.26 Å². The zero-order valence-corrected chi connectivity index (χ0v) is 27.4. The van der Waals surface area contributed by atoms with Crippen LogP contribution in [-0.2, 0) is 38.9 Å². The highest BCUT2D eigenvalue weighted by Crippen LogP contribution is 2.42. The third-order valence-corrected chi connectivity index (χ3v) is 9.00. The molecule has 2 aliphatic rings. The molecule has 0 radical (unpaired) electrons. The second-order valence-electron chi connectivity index (χ2n) is 13.7. The van der Waals surface area contributed by atoms with Crippen LogP contribution in [0.25, 0.3) is 5.52 Å². The maximum absolute atomic E-state index is 13.1. The first kappa shape index (κ1) is 35.2. The van der Waals surface area contributed by atoms with Crippen LogP contribution in [0.3, 0.4) is 0 Å². The maximum Gasteiger partial charge on any atom is 0.323 e. The fourth-order valence-corrected chi connectivity index (χ4v) is 5.70. The minimum absolute atomic E-state index is 0.0786. The van der Waals surface area contributed by atoms with Crippen LogP contribution in [-0.4, -0.2) is 81.2 Å². The fraction of sp³-hybridized carbons (Fsp3) is 0.688. The third-order valence-electron chi connectivity index (χ3n) is 9.00. The van der Waals surface area contributed by atoms with Crippen molar-refractivity contribution in [2.75, 3.05) is 19.0 Å². The lowest BCUT2D eigenvalue weighted by atomic mass is 9.87. The predicted molar refractivity (Wildman–Crippen MR) is 165 cm³/mol.